The maximum atomic E-state index is 4.22. The number of rotatable bonds is 3. The molecule has 2 heterocycles. The van der Waals surface area contributed by atoms with Crippen LogP contribution in [-0.4, -0.2) is 20.8 Å². The third kappa shape index (κ3) is 1.88. The molecule has 0 fully saturated rings. The zero-order chi connectivity index (χ0) is 9.80. The molecule has 0 aliphatic carbocycles. The number of hydrogen-bond acceptors (Lipinski definition) is 5. The van der Waals surface area contributed by atoms with E-state index in [-0.39, 0.29) is 0 Å². The molecule has 2 aromatic rings. The molecule has 0 bridgehead atoms. The van der Waals surface area contributed by atoms with Gasteiger partial charge in [-0.05, 0) is 11.6 Å². The molecule has 0 aromatic carbocycles. The first kappa shape index (κ1) is 9.08. The summed E-state index contributed by atoms with van der Waals surface area (Å²) < 4.78 is 8.35. The number of anilines is 1. The Morgan fingerprint density at radius 1 is 1.43 bits per heavy atom. The standard InChI is InChI=1S/C9H10N4S/c1-10-9-8(12-14-13-9)5-7-3-2-4-11-6-7/h2-4,6H,5H2,1H3,(H,10,13). The summed E-state index contributed by atoms with van der Waals surface area (Å²) in [7, 11) is 1.85. The number of aromatic nitrogens is 3. The summed E-state index contributed by atoms with van der Waals surface area (Å²) in [6.45, 7) is 0. The fourth-order valence-corrected chi connectivity index (χ4v) is 1.78. The molecule has 5 heteroatoms. The Bertz CT molecular complexity index is 398. The zero-order valence-electron chi connectivity index (χ0n) is 7.77. The van der Waals surface area contributed by atoms with Crippen molar-refractivity contribution in [1.29, 1.82) is 0 Å². The Labute approximate surface area is 86.3 Å². The van der Waals surface area contributed by atoms with Crippen molar-refractivity contribution in [2.45, 2.75) is 6.42 Å². The van der Waals surface area contributed by atoms with Gasteiger partial charge in [0.25, 0.3) is 0 Å². The van der Waals surface area contributed by atoms with Crippen LogP contribution < -0.4 is 5.32 Å². The molecular weight excluding hydrogens is 196 g/mol. The number of nitrogens with zero attached hydrogens (tertiary/aromatic N) is 3. The van der Waals surface area contributed by atoms with Crippen LogP contribution >= 0.6 is 11.7 Å². The summed E-state index contributed by atoms with van der Waals surface area (Å²) >= 11 is 1.23. The maximum absolute atomic E-state index is 4.22. The molecule has 0 saturated carbocycles. The normalized spacial score (nSPS) is 10.1. The average molecular weight is 206 g/mol. The Hall–Kier alpha value is -1.49. The number of nitrogens with one attached hydrogen (secondary N) is 1. The van der Waals surface area contributed by atoms with Crippen molar-refractivity contribution >= 4 is 17.5 Å². The number of hydrogen-bond donors (Lipinski definition) is 1. The van der Waals surface area contributed by atoms with Gasteiger partial charge in [0, 0.05) is 25.9 Å². The van der Waals surface area contributed by atoms with Gasteiger partial charge < -0.3 is 5.32 Å². The van der Waals surface area contributed by atoms with E-state index in [0.717, 1.165) is 23.5 Å². The van der Waals surface area contributed by atoms with Crippen molar-refractivity contribution in [3.05, 3.63) is 35.8 Å². The van der Waals surface area contributed by atoms with Crippen molar-refractivity contribution in [2.24, 2.45) is 0 Å². The fraction of sp³-hybridized carbons (Fsp3) is 0.222. The van der Waals surface area contributed by atoms with Gasteiger partial charge >= 0.3 is 0 Å². The van der Waals surface area contributed by atoms with E-state index in [0.29, 0.717) is 0 Å². The van der Waals surface area contributed by atoms with Gasteiger partial charge in [0.05, 0.1) is 11.7 Å². The molecule has 14 heavy (non-hydrogen) atoms. The first-order valence-electron chi connectivity index (χ1n) is 4.28. The SMILES string of the molecule is CNc1nsnc1Cc1cccnc1. The highest BCUT2D eigenvalue weighted by atomic mass is 32.1. The van der Waals surface area contributed by atoms with Crippen molar-refractivity contribution < 1.29 is 0 Å². The number of pyridine rings is 1. The van der Waals surface area contributed by atoms with Gasteiger partial charge in [0.15, 0.2) is 5.82 Å². The van der Waals surface area contributed by atoms with Crippen LogP contribution in [0.3, 0.4) is 0 Å². The molecular formula is C9H10N4S. The second-order valence-corrected chi connectivity index (χ2v) is 3.38. The van der Waals surface area contributed by atoms with E-state index in [2.05, 4.69) is 19.0 Å². The van der Waals surface area contributed by atoms with Crippen LogP contribution in [0.1, 0.15) is 11.3 Å². The van der Waals surface area contributed by atoms with Crippen LogP contribution in [0, 0.1) is 0 Å². The lowest BCUT2D eigenvalue weighted by Crippen LogP contribution is -1.96. The predicted octanol–water partition coefficient (Wildman–Crippen LogP) is 1.57. The molecule has 1 N–H and O–H groups in total. The lowest BCUT2D eigenvalue weighted by molar-refractivity contribution is 1.10. The Kier molecular flexibility index (Phi) is 2.69. The van der Waals surface area contributed by atoms with Crippen LogP contribution in [0.15, 0.2) is 24.5 Å². The minimum Gasteiger partial charge on any atom is -0.371 e. The molecule has 2 rings (SSSR count). The van der Waals surface area contributed by atoms with E-state index in [4.69, 9.17) is 0 Å². The smallest absolute Gasteiger partial charge is 0.163 e. The molecule has 4 nitrogen and oxygen atoms in total. The first-order valence-corrected chi connectivity index (χ1v) is 5.01. The summed E-state index contributed by atoms with van der Waals surface area (Å²) in [5.41, 5.74) is 2.13. The van der Waals surface area contributed by atoms with E-state index in [9.17, 15) is 0 Å². The highest BCUT2D eigenvalue weighted by Crippen LogP contribution is 2.15. The minimum absolute atomic E-state index is 0.778. The van der Waals surface area contributed by atoms with Gasteiger partial charge in [-0.15, -0.1) is 0 Å². The van der Waals surface area contributed by atoms with Crippen molar-refractivity contribution in [3.8, 4) is 0 Å². The van der Waals surface area contributed by atoms with Crippen molar-refractivity contribution in [2.75, 3.05) is 12.4 Å². The van der Waals surface area contributed by atoms with Gasteiger partial charge in [-0.25, -0.2) is 0 Å². The van der Waals surface area contributed by atoms with E-state index >= 15 is 0 Å². The molecule has 0 aliphatic rings. The first-order chi connectivity index (χ1) is 6.90. The van der Waals surface area contributed by atoms with E-state index in [1.54, 1.807) is 6.20 Å². The largest absolute Gasteiger partial charge is 0.371 e. The Balaban J connectivity index is 2.19. The van der Waals surface area contributed by atoms with Crippen LogP contribution in [0.2, 0.25) is 0 Å². The highest BCUT2D eigenvalue weighted by Gasteiger charge is 2.06. The molecule has 2 aromatic heterocycles. The third-order valence-corrected chi connectivity index (χ3v) is 2.45. The summed E-state index contributed by atoms with van der Waals surface area (Å²) in [5, 5.41) is 3.01. The van der Waals surface area contributed by atoms with Gasteiger partial charge in [-0.3, -0.25) is 4.98 Å². The molecule has 0 amide bonds. The van der Waals surface area contributed by atoms with Crippen molar-refractivity contribution in [1.82, 2.24) is 13.7 Å². The summed E-state index contributed by atoms with van der Waals surface area (Å²) in [4.78, 5) is 4.06. The van der Waals surface area contributed by atoms with E-state index in [1.807, 2.05) is 25.4 Å². The monoisotopic (exact) mass is 206 g/mol. The van der Waals surface area contributed by atoms with Crippen LogP contribution in [0.25, 0.3) is 0 Å². The van der Waals surface area contributed by atoms with Gasteiger partial charge in [-0.2, -0.15) is 8.75 Å². The van der Waals surface area contributed by atoms with Crippen LogP contribution in [0.4, 0.5) is 5.82 Å². The molecule has 0 saturated heterocycles. The van der Waals surface area contributed by atoms with E-state index in [1.165, 1.54) is 11.7 Å². The summed E-state index contributed by atoms with van der Waals surface area (Å²) in [5.74, 6) is 0.860. The maximum Gasteiger partial charge on any atom is 0.163 e. The topological polar surface area (TPSA) is 50.7 Å². The lowest BCUT2D eigenvalue weighted by Gasteiger charge is -1.99. The summed E-state index contributed by atoms with van der Waals surface area (Å²) in [6, 6.07) is 3.96. The molecule has 0 atom stereocenters. The van der Waals surface area contributed by atoms with Gasteiger partial charge in [0.1, 0.15) is 5.69 Å². The van der Waals surface area contributed by atoms with E-state index < -0.39 is 0 Å². The lowest BCUT2D eigenvalue weighted by atomic mass is 10.1. The highest BCUT2D eigenvalue weighted by molar-refractivity contribution is 6.99. The van der Waals surface area contributed by atoms with Gasteiger partial charge in [-0.1, -0.05) is 6.07 Å². The molecule has 0 unspecified atom stereocenters. The Morgan fingerprint density at radius 2 is 2.36 bits per heavy atom. The minimum atomic E-state index is 0.778. The molecule has 0 aliphatic heterocycles. The second kappa shape index (κ2) is 4.15. The third-order valence-electron chi connectivity index (χ3n) is 1.89. The van der Waals surface area contributed by atoms with Gasteiger partial charge in [0.2, 0.25) is 0 Å². The molecule has 72 valence electrons. The van der Waals surface area contributed by atoms with Crippen LogP contribution in [0.5, 0.6) is 0 Å². The fourth-order valence-electron chi connectivity index (χ4n) is 1.21. The summed E-state index contributed by atoms with van der Waals surface area (Å²) in [6.07, 6.45) is 4.39. The van der Waals surface area contributed by atoms with Crippen LogP contribution in [-0.2, 0) is 6.42 Å². The molecule has 0 spiro atoms. The quantitative estimate of drug-likeness (QED) is 0.828. The van der Waals surface area contributed by atoms with Crippen molar-refractivity contribution in [3.63, 3.8) is 0 Å². The zero-order valence-corrected chi connectivity index (χ0v) is 8.58. The Morgan fingerprint density at radius 3 is 3.07 bits per heavy atom. The molecule has 0 radical (unpaired) electrons. The average Bonchev–Trinajstić information content (AvgIpc) is 2.67. The second-order valence-electron chi connectivity index (χ2n) is 2.85. The predicted molar refractivity (Wildman–Crippen MR) is 56.5 cm³/mol.